The first kappa shape index (κ1) is 13.5. The molecule has 0 saturated heterocycles. The van der Waals surface area contributed by atoms with Crippen molar-refractivity contribution in [1.82, 2.24) is 10.4 Å². The first-order valence-electron chi connectivity index (χ1n) is 6.73. The fraction of sp³-hybridized carbons (Fsp3) is 0.643. The van der Waals surface area contributed by atoms with Crippen LogP contribution < -0.4 is 11.3 Å². The molecule has 1 heterocycles. The molecule has 0 radical (unpaired) electrons. The maximum Gasteiger partial charge on any atom is 0.0580 e. The fourth-order valence-corrected chi connectivity index (χ4v) is 2.56. The minimum absolute atomic E-state index is 0.200. The standard InChI is InChI=1S/C14H23N3O/c1-3-18-13-6-11(7-13)8-14(17-15)12-5-4-10(2)16-9-12/h4-5,9,11,13-14,17H,3,6-8,15H2,1-2H3. The van der Waals surface area contributed by atoms with Gasteiger partial charge in [0.25, 0.3) is 0 Å². The minimum atomic E-state index is 0.200. The number of hydrogen-bond donors (Lipinski definition) is 2. The van der Waals surface area contributed by atoms with Crippen LogP contribution in [0.15, 0.2) is 18.3 Å². The van der Waals surface area contributed by atoms with Crippen LogP contribution in [0.1, 0.15) is 43.5 Å². The van der Waals surface area contributed by atoms with Crippen molar-refractivity contribution in [3.63, 3.8) is 0 Å². The molecule has 2 rings (SSSR count). The van der Waals surface area contributed by atoms with Gasteiger partial charge in [0.05, 0.1) is 6.10 Å². The number of pyridine rings is 1. The molecule has 1 fully saturated rings. The zero-order chi connectivity index (χ0) is 13.0. The van der Waals surface area contributed by atoms with E-state index in [1.165, 1.54) is 5.56 Å². The van der Waals surface area contributed by atoms with E-state index in [9.17, 15) is 0 Å². The molecule has 1 aliphatic rings. The molecule has 1 atom stereocenters. The van der Waals surface area contributed by atoms with Gasteiger partial charge in [0.1, 0.15) is 0 Å². The van der Waals surface area contributed by atoms with Crippen LogP contribution in [0.4, 0.5) is 0 Å². The van der Waals surface area contributed by atoms with E-state index in [-0.39, 0.29) is 6.04 Å². The van der Waals surface area contributed by atoms with Crippen molar-refractivity contribution in [2.75, 3.05) is 6.61 Å². The van der Waals surface area contributed by atoms with Gasteiger partial charge in [-0.1, -0.05) is 6.07 Å². The second kappa shape index (κ2) is 6.27. The zero-order valence-corrected chi connectivity index (χ0v) is 11.2. The van der Waals surface area contributed by atoms with Crippen molar-refractivity contribution in [3.05, 3.63) is 29.6 Å². The normalized spacial score (nSPS) is 24.6. The van der Waals surface area contributed by atoms with E-state index in [1.807, 2.05) is 19.2 Å². The van der Waals surface area contributed by atoms with Crippen molar-refractivity contribution >= 4 is 0 Å². The van der Waals surface area contributed by atoms with E-state index in [0.717, 1.165) is 31.6 Å². The quantitative estimate of drug-likeness (QED) is 0.599. The molecule has 4 heteroatoms. The Morgan fingerprint density at radius 2 is 2.28 bits per heavy atom. The van der Waals surface area contributed by atoms with Gasteiger partial charge in [-0.2, -0.15) is 0 Å². The Morgan fingerprint density at radius 3 is 2.83 bits per heavy atom. The van der Waals surface area contributed by atoms with Crippen molar-refractivity contribution in [2.45, 2.75) is 45.3 Å². The topological polar surface area (TPSA) is 60.2 Å². The molecule has 1 unspecified atom stereocenters. The van der Waals surface area contributed by atoms with E-state index >= 15 is 0 Å². The van der Waals surface area contributed by atoms with Gasteiger partial charge < -0.3 is 4.74 Å². The second-order valence-corrected chi connectivity index (χ2v) is 5.10. The summed E-state index contributed by atoms with van der Waals surface area (Å²) in [6.07, 6.45) is 5.76. The summed E-state index contributed by atoms with van der Waals surface area (Å²) < 4.78 is 5.58. The van der Waals surface area contributed by atoms with Crippen LogP contribution in [0.25, 0.3) is 0 Å². The maximum absolute atomic E-state index is 5.65. The highest BCUT2D eigenvalue weighted by molar-refractivity contribution is 5.17. The van der Waals surface area contributed by atoms with Gasteiger partial charge in [-0.15, -0.1) is 0 Å². The summed E-state index contributed by atoms with van der Waals surface area (Å²) in [5.41, 5.74) is 5.11. The Hall–Kier alpha value is -0.970. The number of nitrogens with zero attached hydrogens (tertiary/aromatic N) is 1. The highest BCUT2D eigenvalue weighted by Gasteiger charge is 2.31. The molecular weight excluding hydrogens is 226 g/mol. The van der Waals surface area contributed by atoms with Gasteiger partial charge in [0.2, 0.25) is 0 Å². The number of hydrazine groups is 1. The van der Waals surface area contributed by atoms with Gasteiger partial charge in [0, 0.05) is 24.5 Å². The monoisotopic (exact) mass is 249 g/mol. The van der Waals surface area contributed by atoms with Crippen molar-refractivity contribution in [2.24, 2.45) is 11.8 Å². The molecule has 3 N–H and O–H groups in total. The summed E-state index contributed by atoms with van der Waals surface area (Å²) in [4.78, 5) is 4.32. The highest BCUT2D eigenvalue weighted by Crippen LogP contribution is 2.36. The average Bonchev–Trinajstić information content (AvgIpc) is 2.33. The first-order chi connectivity index (χ1) is 8.72. The first-order valence-corrected chi connectivity index (χ1v) is 6.73. The van der Waals surface area contributed by atoms with E-state index in [0.29, 0.717) is 12.0 Å². The summed E-state index contributed by atoms with van der Waals surface area (Å²) in [6.45, 7) is 4.86. The second-order valence-electron chi connectivity index (χ2n) is 5.10. The average molecular weight is 249 g/mol. The molecule has 0 aliphatic heterocycles. The molecule has 100 valence electrons. The van der Waals surface area contributed by atoms with Crippen LogP contribution in [0.3, 0.4) is 0 Å². The number of nitrogens with two attached hydrogens (primary N) is 1. The van der Waals surface area contributed by atoms with Crippen molar-refractivity contribution in [1.29, 1.82) is 0 Å². The lowest BCUT2D eigenvalue weighted by atomic mass is 9.77. The van der Waals surface area contributed by atoms with Gasteiger partial charge in [-0.05, 0) is 50.7 Å². The van der Waals surface area contributed by atoms with Crippen LogP contribution >= 0.6 is 0 Å². The predicted octanol–water partition coefficient (Wildman–Crippen LogP) is 2.10. The zero-order valence-electron chi connectivity index (χ0n) is 11.2. The number of rotatable bonds is 6. The number of aryl methyl sites for hydroxylation is 1. The molecule has 0 spiro atoms. The van der Waals surface area contributed by atoms with Crippen LogP contribution in [0.5, 0.6) is 0 Å². The van der Waals surface area contributed by atoms with Crippen molar-refractivity contribution in [3.8, 4) is 0 Å². The lowest BCUT2D eigenvalue weighted by Gasteiger charge is -2.36. The fourth-order valence-electron chi connectivity index (χ4n) is 2.56. The van der Waals surface area contributed by atoms with Crippen molar-refractivity contribution < 1.29 is 4.74 Å². The lowest BCUT2D eigenvalue weighted by molar-refractivity contribution is -0.0291. The third-order valence-electron chi connectivity index (χ3n) is 3.70. The number of nitrogens with one attached hydrogen (secondary N) is 1. The van der Waals surface area contributed by atoms with E-state index in [4.69, 9.17) is 10.6 Å². The highest BCUT2D eigenvalue weighted by atomic mass is 16.5. The molecule has 1 aliphatic carbocycles. The van der Waals surface area contributed by atoms with E-state index in [2.05, 4.69) is 23.4 Å². The van der Waals surface area contributed by atoms with Crippen LogP contribution in [0.2, 0.25) is 0 Å². The Morgan fingerprint density at radius 1 is 1.50 bits per heavy atom. The van der Waals surface area contributed by atoms with Gasteiger partial charge in [0.15, 0.2) is 0 Å². The Balaban J connectivity index is 1.85. The lowest BCUT2D eigenvalue weighted by Crippen LogP contribution is -2.36. The predicted molar refractivity (Wildman–Crippen MR) is 71.8 cm³/mol. The summed E-state index contributed by atoms with van der Waals surface area (Å²) in [5.74, 6) is 6.37. The molecule has 4 nitrogen and oxygen atoms in total. The summed E-state index contributed by atoms with van der Waals surface area (Å²) in [7, 11) is 0. The summed E-state index contributed by atoms with van der Waals surface area (Å²) in [5, 5.41) is 0. The number of hydrogen-bond acceptors (Lipinski definition) is 4. The van der Waals surface area contributed by atoms with Crippen LogP contribution in [0, 0.1) is 12.8 Å². The Labute approximate surface area is 109 Å². The number of aromatic nitrogens is 1. The molecule has 0 amide bonds. The molecule has 0 aromatic carbocycles. The summed E-state index contributed by atoms with van der Waals surface area (Å²) in [6, 6.07) is 4.33. The molecule has 18 heavy (non-hydrogen) atoms. The Kier molecular flexibility index (Phi) is 4.69. The Bertz CT molecular complexity index is 360. The molecule has 1 aromatic rings. The van der Waals surface area contributed by atoms with E-state index in [1.54, 1.807) is 0 Å². The van der Waals surface area contributed by atoms with E-state index < -0.39 is 0 Å². The van der Waals surface area contributed by atoms with Crippen LogP contribution in [-0.2, 0) is 4.74 Å². The molecular formula is C14H23N3O. The van der Waals surface area contributed by atoms with Gasteiger partial charge in [-0.25, -0.2) is 0 Å². The summed E-state index contributed by atoms with van der Waals surface area (Å²) >= 11 is 0. The minimum Gasteiger partial charge on any atom is -0.378 e. The molecule has 1 saturated carbocycles. The molecule has 0 bridgehead atoms. The third-order valence-corrected chi connectivity index (χ3v) is 3.70. The number of ether oxygens (including phenoxy) is 1. The SMILES string of the molecule is CCOC1CC(CC(NN)c2ccc(C)nc2)C1. The van der Waals surface area contributed by atoms with Gasteiger partial charge >= 0.3 is 0 Å². The molecule has 1 aromatic heterocycles. The largest absolute Gasteiger partial charge is 0.378 e. The maximum atomic E-state index is 5.65. The third kappa shape index (κ3) is 3.28. The van der Waals surface area contributed by atoms with Gasteiger partial charge in [-0.3, -0.25) is 16.3 Å². The smallest absolute Gasteiger partial charge is 0.0580 e. The van der Waals surface area contributed by atoms with Crippen LogP contribution in [-0.4, -0.2) is 17.7 Å².